The fourth-order valence-electron chi connectivity index (χ4n) is 13.3. The van der Waals surface area contributed by atoms with Crippen LogP contribution in [0, 0.1) is 56.7 Å². The minimum Gasteiger partial charge on any atom is -0.480 e. The summed E-state index contributed by atoms with van der Waals surface area (Å²) in [6.07, 6.45) is 11.6. The van der Waals surface area contributed by atoms with Gasteiger partial charge in [0, 0.05) is 6.54 Å². The SMILES string of the molecule is C=C(C)[C@@H]1CC[C@]2(C(=O)N[C@@H](CN(C)C)C(=O)O)CC[C@]3(C)C(CCC4[C@@]5(C)CC=C(c6ccc(C(=O)O)cc6)C(C)(C)C5CC[C@]43C)C12. The van der Waals surface area contributed by atoms with Crippen molar-refractivity contribution in [3.05, 3.63) is 53.6 Å². The van der Waals surface area contributed by atoms with Crippen molar-refractivity contribution in [1.29, 1.82) is 0 Å². The first-order chi connectivity index (χ1) is 22.8. The Morgan fingerprint density at radius 1 is 0.898 bits per heavy atom. The Hall–Kier alpha value is -2.93. The number of likely N-dealkylation sites (N-methyl/N-ethyl adjacent to an activating group) is 1. The number of aromatic carboxylic acids is 1. The van der Waals surface area contributed by atoms with Crippen LogP contribution in [0.25, 0.3) is 5.57 Å². The number of nitrogens with zero attached hydrogens (tertiary/aromatic N) is 1. The van der Waals surface area contributed by atoms with Crippen molar-refractivity contribution in [1.82, 2.24) is 10.2 Å². The Kier molecular flexibility index (Phi) is 8.86. The molecular weight excluding hydrogens is 612 g/mol. The van der Waals surface area contributed by atoms with Gasteiger partial charge in [0.25, 0.3) is 0 Å². The summed E-state index contributed by atoms with van der Waals surface area (Å²) >= 11 is 0. The van der Waals surface area contributed by atoms with Crippen molar-refractivity contribution in [3.63, 3.8) is 0 Å². The van der Waals surface area contributed by atoms with Crippen molar-refractivity contribution >= 4 is 23.4 Å². The molecule has 0 saturated heterocycles. The summed E-state index contributed by atoms with van der Waals surface area (Å²) in [5, 5.41) is 22.5. The van der Waals surface area contributed by atoms with E-state index < -0.39 is 23.4 Å². The van der Waals surface area contributed by atoms with E-state index in [-0.39, 0.29) is 45.9 Å². The lowest BCUT2D eigenvalue weighted by Crippen LogP contribution is -2.66. The third kappa shape index (κ3) is 5.26. The van der Waals surface area contributed by atoms with Gasteiger partial charge < -0.3 is 20.4 Å². The number of aliphatic carboxylic acids is 1. The summed E-state index contributed by atoms with van der Waals surface area (Å²) in [6.45, 7) is 19.4. The topological polar surface area (TPSA) is 107 Å². The third-order valence-electron chi connectivity index (χ3n) is 15.7. The molecule has 1 amide bonds. The molecule has 7 nitrogen and oxygen atoms in total. The zero-order valence-electron chi connectivity index (χ0n) is 31.2. The summed E-state index contributed by atoms with van der Waals surface area (Å²) in [6, 6.07) is 6.51. The zero-order chi connectivity index (χ0) is 35.9. The summed E-state index contributed by atoms with van der Waals surface area (Å²) in [4.78, 5) is 40.1. The molecule has 49 heavy (non-hydrogen) atoms. The van der Waals surface area contributed by atoms with E-state index in [1.807, 2.05) is 31.1 Å². The highest BCUT2D eigenvalue weighted by molar-refractivity contribution is 5.89. The lowest BCUT2D eigenvalue weighted by Gasteiger charge is -2.72. The number of carboxylic acids is 2. The van der Waals surface area contributed by atoms with Crippen molar-refractivity contribution in [2.24, 2.45) is 56.7 Å². The molecule has 6 rings (SSSR count). The Labute approximate surface area is 294 Å². The minimum absolute atomic E-state index is 0.0522. The van der Waals surface area contributed by atoms with Crippen LogP contribution < -0.4 is 5.32 Å². The maximum Gasteiger partial charge on any atom is 0.335 e. The molecule has 0 spiro atoms. The van der Waals surface area contributed by atoms with Crippen LogP contribution in [-0.2, 0) is 9.59 Å². The molecule has 0 aliphatic heterocycles. The Morgan fingerprint density at radius 2 is 1.57 bits per heavy atom. The van der Waals surface area contributed by atoms with E-state index in [1.165, 1.54) is 5.57 Å². The molecule has 3 N–H and O–H groups in total. The van der Waals surface area contributed by atoms with Crippen LogP contribution in [0.15, 0.2) is 42.5 Å². The van der Waals surface area contributed by atoms with E-state index in [2.05, 4.69) is 59.5 Å². The first-order valence-corrected chi connectivity index (χ1v) is 18.7. The van der Waals surface area contributed by atoms with Crippen LogP contribution in [-0.4, -0.2) is 59.6 Å². The fraction of sp³-hybridized carbons (Fsp3) is 0.690. The number of amides is 1. The van der Waals surface area contributed by atoms with Crippen molar-refractivity contribution in [2.45, 2.75) is 105 Å². The van der Waals surface area contributed by atoms with Gasteiger partial charge in [0.15, 0.2) is 0 Å². The maximum atomic E-state index is 14.5. The summed E-state index contributed by atoms with van der Waals surface area (Å²) in [5.74, 6) is -0.0517. The highest BCUT2D eigenvalue weighted by atomic mass is 16.4. The number of benzene rings is 1. The molecule has 268 valence electrons. The fourth-order valence-corrected chi connectivity index (χ4v) is 13.3. The van der Waals surface area contributed by atoms with Gasteiger partial charge in [-0.25, -0.2) is 9.59 Å². The Bertz CT molecular complexity index is 1560. The highest BCUT2D eigenvalue weighted by Crippen LogP contribution is 2.77. The highest BCUT2D eigenvalue weighted by Gasteiger charge is 2.71. The normalized spacial score (nSPS) is 39.8. The molecule has 4 saturated carbocycles. The van der Waals surface area contributed by atoms with Gasteiger partial charge in [-0.3, -0.25) is 4.79 Å². The Morgan fingerprint density at radius 3 is 2.16 bits per heavy atom. The smallest absolute Gasteiger partial charge is 0.335 e. The molecule has 0 radical (unpaired) electrons. The number of carboxylic acid groups (broad SMARTS) is 2. The lowest BCUT2D eigenvalue weighted by atomic mass is 9.32. The molecule has 5 aliphatic carbocycles. The molecule has 4 fully saturated rings. The Balaban J connectivity index is 1.34. The van der Waals surface area contributed by atoms with Crippen LogP contribution in [0.4, 0.5) is 0 Å². The number of fused-ring (bicyclic) bond motifs is 7. The molecule has 1 aromatic carbocycles. The van der Waals surface area contributed by atoms with Gasteiger partial charge in [-0.1, -0.05) is 65.0 Å². The molecule has 7 heteroatoms. The van der Waals surface area contributed by atoms with E-state index >= 15 is 0 Å². The van der Waals surface area contributed by atoms with Crippen molar-refractivity contribution in [2.75, 3.05) is 20.6 Å². The summed E-state index contributed by atoms with van der Waals surface area (Å²) < 4.78 is 0. The predicted molar refractivity (Wildman–Crippen MR) is 194 cm³/mol. The van der Waals surface area contributed by atoms with E-state index in [9.17, 15) is 24.6 Å². The number of carbonyl (C=O) groups is 3. The number of hydrogen-bond donors (Lipinski definition) is 3. The number of allylic oxidation sites excluding steroid dienone is 3. The first kappa shape index (κ1) is 35.9. The van der Waals surface area contributed by atoms with Gasteiger partial charge in [0.05, 0.1) is 11.0 Å². The standard InChI is InChI=1S/C42H60N2O5/c1-25(2)28-16-21-42(37(49)43-31(36(47)48)24-44(8)9)23-22-40(6)30(34(28)42)14-15-33-39(5)19-17-29(26-10-12-27(13-11-26)35(45)46)38(3,4)32(39)18-20-41(33,40)7/h10-13,17,28,30-34H,1,14-16,18-24H2,2-9H3,(H,43,49)(H,45,46)(H,47,48)/t28-,30?,31-,32?,33?,34?,39-,40+,41+,42-/m0/s1. The van der Waals surface area contributed by atoms with E-state index in [1.54, 1.807) is 12.1 Å². The quantitative estimate of drug-likeness (QED) is 0.241. The van der Waals surface area contributed by atoms with Crippen LogP contribution in [0.3, 0.4) is 0 Å². The van der Waals surface area contributed by atoms with E-state index in [0.29, 0.717) is 23.3 Å². The number of hydrogen-bond acceptors (Lipinski definition) is 4. The van der Waals surface area contributed by atoms with Crippen molar-refractivity contribution < 1.29 is 24.6 Å². The zero-order valence-corrected chi connectivity index (χ0v) is 31.2. The monoisotopic (exact) mass is 672 g/mol. The van der Waals surface area contributed by atoms with Gasteiger partial charge in [0.1, 0.15) is 6.04 Å². The lowest BCUT2D eigenvalue weighted by molar-refractivity contribution is -0.225. The van der Waals surface area contributed by atoms with Crippen LogP contribution in [0.1, 0.15) is 115 Å². The molecule has 0 heterocycles. The van der Waals surface area contributed by atoms with E-state index in [0.717, 1.165) is 68.9 Å². The van der Waals surface area contributed by atoms with Crippen LogP contribution >= 0.6 is 0 Å². The third-order valence-corrected chi connectivity index (χ3v) is 15.7. The number of rotatable bonds is 8. The minimum atomic E-state index is -0.979. The van der Waals surface area contributed by atoms with Gasteiger partial charge in [-0.2, -0.15) is 0 Å². The largest absolute Gasteiger partial charge is 0.480 e. The summed E-state index contributed by atoms with van der Waals surface area (Å²) in [7, 11) is 3.69. The second kappa shape index (κ2) is 12.1. The molecule has 5 aliphatic rings. The first-order valence-electron chi connectivity index (χ1n) is 18.7. The number of carbonyl (C=O) groups excluding carboxylic acids is 1. The molecule has 1 aromatic rings. The van der Waals surface area contributed by atoms with E-state index in [4.69, 9.17) is 0 Å². The molecule has 10 atom stereocenters. The van der Waals surface area contributed by atoms with Gasteiger partial charge in [-0.05, 0) is 153 Å². The van der Waals surface area contributed by atoms with Gasteiger partial charge in [0.2, 0.25) is 5.91 Å². The molecular formula is C42H60N2O5. The predicted octanol–water partition coefficient (Wildman–Crippen LogP) is 8.17. The maximum absolute atomic E-state index is 14.5. The number of nitrogens with one attached hydrogen (secondary N) is 1. The molecule has 4 unspecified atom stereocenters. The van der Waals surface area contributed by atoms with Crippen molar-refractivity contribution in [3.8, 4) is 0 Å². The van der Waals surface area contributed by atoms with Gasteiger partial charge in [-0.15, -0.1) is 0 Å². The molecule has 0 aromatic heterocycles. The second-order valence-corrected chi connectivity index (χ2v) is 18.4. The van der Waals surface area contributed by atoms with Crippen LogP contribution in [0.5, 0.6) is 0 Å². The van der Waals surface area contributed by atoms with Crippen LogP contribution in [0.2, 0.25) is 0 Å². The van der Waals surface area contributed by atoms with Gasteiger partial charge >= 0.3 is 11.9 Å². The summed E-state index contributed by atoms with van der Waals surface area (Å²) in [5.41, 5.74) is 3.65. The average Bonchev–Trinajstić information content (AvgIpc) is 3.42. The average molecular weight is 673 g/mol. The second-order valence-electron chi connectivity index (χ2n) is 18.4. The molecule has 0 bridgehead atoms.